The summed E-state index contributed by atoms with van der Waals surface area (Å²) in [6.07, 6.45) is 4.98. The van der Waals surface area contributed by atoms with Crippen molar-refractivity contribution in [2.75, 3.05) is 5.32 Å². The number of benzene rings is 1. The van der Waals surface area contributed by atoms with Crippen LogP contribution in [0.2, 0.25) is 5.02 Å². The number of nitrogens with one attached hydrogen (secondary N) is 1. The van der Waals surface area contributed by atoms with E-state index in [1.54, 1.807) is 24.5 Å². The number of nitrogens with two attached hydrogens (primary N) is 1. The first-order chi connectivity index (χ1) is 12.8. The van der Waals surface area contributed by atoms with Gasteiger partial charge in [0.05, 0.1) is 29.1 Å². The number of anilines is 1. The van der Waals surface area contributed by atoms with Crippen LogP contribution in [0.25, 0.3) is 0 Å². The molecule has 4 N–H and O–H groups in total. The molecule has 2 aromatic heterocycles. The lowest BCUT2D eigenvalue weighted by atomic mass is 10.1. The zero-order valence-electron chi connectivity index (χ0n) is 13.9. The van der Waals surface area contributed by atoms with Crippen LogP contribution in [0.5, 0.6) is 0 Å². The van der Waals surface area contributed by atoms with Gasteiger partial charge in [0, 0.05) is 12.4 Å². The predicted molar refractivity (Wildman–Crippen MR) is 100 cm³/mol. The Labute approximate surface area is 160 Å². The van der Waals surface area contributed by atoms with Gasteiger partial charge in [0.25, 0.3) is 0 Å². The summed E-state index contributed by atoms with van der Waals surface area (Å²) in [4.78, 5) is 14.6. The van der Waals surface area contributed by atoms with Crippen molar-refractivity contribution in [2.24, 2.45) is 5.14 Å². The fourth-order valence-electron chi connectivity index (χ4n) is 2.00. The van der Waals surface area contributed by atoms with Gasteiger partial charge in [-0.1, -0.05) is 17.7 Å². The fourth-order valence-corrected chi connectivity index (χ4v) is 3.10. The minimum absolute atomic E-state index is 0.163. The van der Waals surface area contributed by atoms with E-state index in [1.165, 1.54) is 12.3 Å². The highest BCUT2D eigenvalue weighted by molar-refractivity contribution is 7.89. The number of primary sulfonamides is 1. The van der Waals surface area contributed by atoms with E-state index in [-0.39, 0.29) is 22.8 Å². The first kappa shape index (κ1) is 20.4. The van der Waals surface area contributed by atoms with Crippen molar-refractivity contribution < 1.29 is 22.7 Å². The number of hydrogen-bond acceptors (Lipinski definition) is 6. The number of halogens is 1. The Morgan fingerprint density at radius 3 is 2.37 bits per heavy atom. The number of carbonyl (C=O) groups is 1. The minimum Gasteiger partial charge on any atom is -0.478 e. The van der Waals surface area contributed by atoms with E-state index in [1.807, 2.05) is 18.2 Å². The van der Waals surface area contributed by atoms with Gasteiger partial charge in [-0.3, -0.25) is 4.98 Å². The molecule has 0 aliphatic rings. The van der Waals surface area contributed by atoms with Crippen molar-refractivity contribution >= 4 is 33.3 Å². The monoisotopic (exact) mass is 409 g/mol. The Balaban J connectivity index is 0.000000369. The van der Waals surface area contributed by atoms with E-state index in [4.69, 9.17) is 26.3 Å². The molecule has 0 bridgehead atoms. The molecule has 0 aliphatic carbocycles. The molecule has 2 heterocycles. The van der Waals surface area contributed by atoms with Crippen LogP contribution in [0.3, 0.4) is 0 Å². The summed E-state index contributed by atoms with van der Waals surface area (Å²) < 4.78 is 27.8. The zero-order valence-corrected chi connectivity index (χ0v) is 15.4. The highest BCUT2D eigenvalue weighted by Crippen LogP contribution is 2.28. The van der Waals surface area contributed by atoms with Crippen LogP contribution in [-0.4, -0.2) is 24.5 Å². The SMILES string of the molecule is NS(=O)(=O)c1cc(C(=O)O)c(NCc2ccco2)cc1Cl.c1ccncc1. The highest BCUT2D eigenvalue weighted by Gasteiger charge is 2.20. The molecule has 142 valence electrons. The van der Waals surface area contributed by atoms with Gasteiger partial charge in [-0.2, -0.15) is 0 Å². The first-order valence-corrected chi connectivity index (χ1v) is 9.42. The number of rotatable bonds is 5. The molecule has 0 spiro atoms. The maximum atomic E-state index is 11.3. The van der Waals surface area contributed by atoms with Crippen molar-refractivity contribution in [1.29, 1.82) is 0 Å². The second kappa shape index (κ2) is 9.17. The fraction of sp³-hybridized carbons (Fsp3) is 0.0588. The zero-order chi connectivity index (χ0) is 19.9. The summed E-state index contributed by atoms with van der Waals surface area (Å²) in [7, 11) is -4.11. The lowest BCUT2D eigenvalue weighted by Crippen LogP contribution is -2.15. The molecule has 0 radical (unpaired) electrons. The third kappa shape index (κ3) is 6.10. The molecule has 0 saturated heterocycles. The number of carboxylic acid groups (broad SMARTS) is 1. The Morgan fingerprint density at radius 1 is 1.22 bits per heavy atom. The Hall–Kier alpha value is -2.88. The molecular weight excluding hydrogens is 394 g/mol. The van der Waals surface area contributed by atoms with Crippen LogP contribution in [0.15, 0.2) is 70.4 Å². The van der Waals surface area contributed by atoms with Gasteiger partial charge in [0.1, 0.15) is 10.7 Å². The van der Waals surface area contributed by atoms with E-state index in [9.17, 15) is 13.2 Å². The van der Waals surface area contributed by atoms with Gasteiger partial charge >= 0.3 is 5.97 Å². The number of pyridine rings is 1. The molecule has 1 aromatic carbocycles. The average molecular weight is 410 g/mol. The van der Waals surface area contributed by atoms with Gasteiger partial charge in [0.15, 0.2) is 0 Å². The standard InChI is InChI=1S/C12H11ClN2O5S.C5H5N/c13-9-5-10(15-6-7-2-1-3-20-7)8(12(16)17)4-11(9)21(14,18)19;1-2-4-6-5-3-1/h1-5,15H,6H2,(H,16,17)(H2,14,18,19);1-5H. The van der Waals surface area contributed by atoms with Crippen LogP contribution in [0.4, 0.5) is 5.69 Å². The first-order valence-electron chi connectivity index (χ1n) is 7.50. The summed E-state index contributed by atoms with van der Waals surface area (Å²) in [5.41, 5.74) is -0.0914. The van der Waals surface area contributed by atoms with Crippen molar-refractivity contribution in [3.63, 3.8) is 0 Å². The van der Waals surface area contributed by atoms with E-state index < -0.39 is 20.9 Å². The Bertz CT molecular complexity index is 966. The van der Waals surface area contributed by atoms with Crippen molar-refractivity contribution in [3.8, 4) is 0 Å². The third-order valence-electron chi connectivity index (χ3n) is 3.21. The molecule has 10 heteroatoms. The third-order valence-corrected chi connectivity index (χ3v) is 4.58. The molecule has 3 rings (SSSR count). The van der Waals surface area contributed by atoms with Gasteiger partial charge in [-0.25, -0.2) is 18.4 Å². The maximum Gasteiger partial charge on any atom is 0.337 e. The number of carboxylic acids is 1. The lowest BCUT2D eigenvalue weighted by Gasteiger charge is -2.11. The van der Waals surface area contributed by atoms with Crippen LogP contribution in [0, 0.1) is 0 Å². The highest BCUT2D eigenvalue weighted by atomic mass is 35.5. The molecule has 0 atom stereocenters. The molecule has 27 heavy (non-hydrogen) atoms. The molecule has 0 unspecified atom stereocenters. The summed E-state index contributed by atoms with van der Waals surface area (Å²) in [6.45, 7) is 0.221. The number of aromatic nitrogens is 1. The van der Waals surface area contributed by atoms with Crippen LogP contribution in [-0.2, 0) is 16.6 Å². The summed E-state index contributed by atoms with van der Waals surface area (Å²) >= 11 is 5.84. The van der Waals surface area contributed by atoms with Crippen molar-refractivity contribution in [2.45, 2.75) is 11.4 Å². The minimum atomic E-state index is -4.11. The molecule has 0 amide bonds. The number of nitrogens with zero attached hydrogens (tertiary/aromatic N) is 1. The largest absolute Gasteiger partial charge is 0.478 e. The summed E-state index contributed by atoms with van der Waals surface area (Å²) in [5, 5.41) is 16.8. The van der Waals surface area contributed by atoms with Crippen LogP contribution < -0.4 is 10.5 Å². The number of hydrogen-bond donors (Lipinski definition) is 3. The van der Waals surface area contributed by atoms with Gasteiger partial charge in [-0.05, 0) is 36.4 Å². The molecule has 8 nitrogen and oxygen atoms in total. The molecule has 0 saturated carbocycles. The quantitative estimate of drug-likeness (QED) is 0.589. The van der Waals surface area contributed by atoms with Gasteiger partial charge in [0.2, 0.25) is 10.0 Å². The van der Waals surface area contributed by atoms with Crippen LogP contribution in [0.1, 0.15) is 16.1 Å². The van der Waals surface area contributed by atoms with E-state index in [0.717, 1.165) is 6.07 Å². The van der Waals surface area contributed by atoms with Crippen molar-refractivity contribution in [3.05, 3.63) is 77.5 Å². The molecule has 0 fully saturated rings. The smallest absolute Gasteiger partial charge is 0.337 e. The summed E-state index contributed by atoms with van der Waals surface area (Å²) in [6, 6.07) is 11.2. The Kier molecular flexibility index (Phi) is 6.94. The van der Waals surface area contributed by atoms with E-state index in [0.29, 0.717) is 5.76 Å². The molecule has 3 aromatic rings. The second-order valence-electron chi connectivity index (χ2n) is 5.14. The molecular formula is C17H16ClN3O5S. The van der Waals surface area contributed by atoms with Crippen LogP contribution >= 0.6 is 11.6 Å². The number of aromatic carboxylic acids is 1. The second-order valence-corrected chi connectivity index (χ2v) is 7.07. The molecule has 0 aliphatic heterocycles. The normalized spacial score (nSPS) is 10.6. The van der Waals surface area contributed by atoms with E-state index in [2.05, 4.69) is 10.3 Å². The maximum absolute atomic E-state index is 11.3. The Morgan fingerprint density at radius 2 is 1.93 bits per heavy atom. The van der Waals surface area contributed by atoms with Gasteiger partial charge < -0.3 is 14.8 Å². The topological polar surface area (TPSA) is 136 Å². The van der Waals surface area contributed by atoms with Crippen molar-refractivity contribution in [1.82, 2.24) is 4.98 Å². The van der Waals surface area contributed by atoms with Gasteiger partial charge in [-0.15, -0.1) is 0 Å². The lowest BCUT2D eigenvalue weighted by molar-refractivity contribution is 0.0697. The average Bonchev–Trinajstić information content (AvgIpc) is 3.14. The van der Waals surface area contributed by atoms with E-state index >= 15 is 0 Å². The predicted octanol–water partition coefficient (Wildman–Crippen LogP) is 2.97. The number of furan rings is 1. The summed E-state index contributed by atoms with van der Waals surface area (Å²) in [5.74, 6) is -0.725. The number of sulfonamides is 1.